The highest BCUT2D eigenvalue weighted by molar-refractivity contribution is 5.90. The minimum atomic E-state index is 0.484. The SMILES string of the molecule is N#CC(=Cc1cccc(OCCc2ccccc2)c1)c1nc2ccccc2[nH]1. The zero-order valence-corrected chi connectivity index (χ0v) is 15.3. The average Bonchev–Trinajstić information content (AvgIpc) is 3.17. The lowest BCUT2D eigenvalue weighted by Gasteiger charge is -2.07. The number of para-hydroxylation sites is 2. The minimum absolute atomic E-state index is 0.484. The normalized spacial score (nSPS) is 11.3. The van der Waals surface area contributed by atoms with Crippen molar-refractivity contribution in [3.05, 3.63) is 95.8 Å². The van der Waals surface area contributed by atoms with E-state index in [0.29, 0.717) is 18.0 Å². The number of allylic oxidation sites excluding steroid dienone is 1. The molecule has 0 saturated heterocycles. The van der Waals surface area contributed by atoms with Crippen molar-refractivity contribution in [2.75, 3.05) is 6.61 Å². The number of aromatic amines is 1. The number of imidazole rings is 1. The van der Waals surface area contributed by atoms with Gasteiger partial charge in [0.25, 0.3) is 0 Å². The maximum Gasteiger partial charge on any atom is 0.149 e. The molecule has 136 valence electrons. The smallest absolute Gasteiger partial charge is 0.149 e. The predicted octanol–water partition coefficient (Wildman–Crippen LogP) is 5.25. The molecule has 0 aliphatic rings. The lowest BCUT2D eigenvalue weighted by atomic mass is 10.1. The fourth-order valence-electron chi connectivity index (χ4n) is 3.03. The third-order valence-corrected chi connectivity index (χ3v) is 4.44. The van der Waals surface area contributed by atoms with E-state index in [1.165, 1.54) is 5.56 Å². The van der Waals surface area contributed by atoms with Gasteiger partial charge in [-0.15, -0.1) is 0 Å². The molecule has 0 bridgehead atoms. The van der Waals surface area contributed by atoms with Crippen LogP contribution in [0.15, 0.2) is 78.9 Å². The van der Waals surface area contributed by atoms with Crippen LogP contribution in [-0.4, -0.2) is 16.6 Å². The van der Waals surface area contributed by atoms with E-state index in [-0.39, 0.29) is 0 Å². The van der Waals surface area contributed by atoms with E-state index in [1.807, 2.05) is 72.8 Å². The second kappa shape index (κ2) is 8.24. The number of aromatic nitrogens is 2. The Morgan fingerprint density at radius 1 is 1.00 bits per heavy atom. The number of hydrogen-bond donors (Lipinski definition) is 1. The molecule has 4 heteroatoms. The fraction of sp³-hybridized carbons (Fsp3) is 0.0833. The van der Waals surface area contributed by atoms with Gasteiger partial charge in [0.2, 0.25) is 0 Å². The van der Waals surface area contributed by atoms with Crippen LogP contribution < -0.4 is 4.74 Å². The summed E-state index contributed by atoms with van der Waals surface area (Å²) in [5, 5.41) is 9.59. The van der Waals surface area contributed by atoms with Crippen LogP contribution >= 0.6 is 0 Å². The molecule has 0 aliphatic carbocycles. The van der Waals surface area contributed by atoms with Gasteiger partial charge >= 0.3 is 0 Å². The molecule has 0 saturated carbocycles. The van der Waals surface area contributed by atoms with Gasteiger partial charge in [-0.2, -0.15) is 5.26 Å². The number of benzene rings is 3. The van der Waals surface area contributed by atoms with E-state index >= 15 is 0 Å². The number of ether oxygens (including phenoxy) is 1. The van der Waals surface area contributed by atoms with Crippen molar-refractivity contribution in [1.82, 2.24) is 9.97 Å². The molecule has 4 aromatic rings. The Morgan fingerprint density at radius 2 is 1.82 bits per heavy atom. The molecule has 0 unspecified atom stereocenters. The second-order valence-electron chi connectivity index (χ2n) is 6.43. The van der Waals surface area contributed by atoms with E-state index in [1.54, 1.807) is 0 Å². The van der Waals surface area contributed by atoms with Gasteiger partial charge in [0, 0.05) is 6.42 Å². The summed E-state index contributed by atoms with van der Waals surface area (Å²) in [4.78, 5) is 7.71. The van der Waals surface area contributed by atoms with Gasteiger partial charge in [0.1, 0.15) is 17.6 Å². The van der Waals surface area contributed by atoms with E-state index in [4.69, 9.17) is 4.74 Å². The predicted molar refractivity (Wildman–Crippen MR) is 112 cm³/mol. The summed E-state index contributed by atoms with van der Waals surface area (Å²) < 4.78 is 5.88. The molecule has 1 aromatic heterocycles. The molecule has 0 radical (unpaired) electrons. The zero-order valence-electron chi connectivity index (χ0n) is 15.3. The van der Waals surface area contributed by atoms with Gasteiger partial charge < -0.3 is 9.72 Å². The maximum absolute atomic E-state index is 9.59. The van der Waals surface area contributed by atoms with Crippen LogP contribution in [0.4, 0.5) is 0 Å². The topological polar surface area (TPSA) is 61.7 Å². The van der Waals surface area contributed by atoms with Crippen LogP contribution in [0.3, 0.4) is 0 Å². The van der Waals surface area contributed by atoms with Crippen LogP contribution in [0.5, 0.6) is 5.75 Å². The quantitative estimate of drug-likeness (QED) is 0.475. The van der Waals surface area contributed by atoms with Crippen molar-refractivity contribution < 1.29 is 4.74 Å². The second-order valence-corrected chi connectivity index (χ2v) is 6.43. The molecule has 28 heavy (non-hydrogen) atoms. The van der Waals surface area contributed by atoms with Crippen LogP contribution in [0, 0.1) is 11.3 Å². The number of nitriles is 1. The zero-order chi connectivity index (χ0) is 19.2. The average molecular weight is 365 g/mol. The third kappa shape index (κ3) is 4.11. The Labute approximate surface area is 163 Å². The number of fused-ring (bicyclic) bond motifs is 1. The molecule has 0 atom stereocenters. The molecular formula is C24H19N3O. The molecular weight excluding hydrogens is 346 g/mol. The number of H-pyrrole nitrogens is 1. The van der Waals surface area contributed by atoms with Crippen LogP contribution in [-0.2, 0) is 6.42 Å². The summed E-state index contributed by atoms with van der Waals surface area (Å²) in [5.41, 5.74) is 4.38. The Bertz CT molecular complexity index is 1120. The summed E-state index contributed by atoms with van der Waals surface area (Å²) >= 11 is 0. The van der Waals surface area contributed by atoms with Gasteiger partial charge in [0.05, 0.1) is 23.2 Å². The summed E-state index contributed by atoms with van der Waals surface area (Å²) in [6.07, 6.45) is 2.67. The Morgan fingerprint density at radius 3 is 2.64 bits per heavy atom. The molecule has 0 fully saturated rings. The fourth-order valence-corrected chi connectivity index (χ4v) is 3.03. The van der Waals surface area contributed by atoms with Crippen LogP contribution in [0.1, 0.15) is 17.0 Å². The van der Waals surface area contributed by atoms with E-state index < -0.39 is 0 Å². The molecule has 1 heterocycles. The maximum atomic E-state index is 9.59. The van der Waals surface area contributed by atoms with Crippen molar-refractivity contribution in [3.63, 3.8) is 0 Å². The van der Waals surface area contributed by atoms with Crippen molar-refractivity contribution >= 4 is 22.7 Å². The Kier molecular flexibility index (Phi) is 5.17. The first-order valence-corrected chi connectivity index (χ1v) is 9.15. The number of nitrogens with one attached hydrogen (secondary N) is 1. The first kappa shape index (κ1) is 17.6. The van der Waals surface area contributed by atoms with Crippen molar-refractivity contribution in [2.24, 2.45) is 0 Å². The Hall–Kier alpha value is -3.84. The van der Waals surface area contributed by atoms with Crippen LogP contribution in [0.25, 0.3) is 22.7 Å². The third-order valence-electron chi connectivity index (χ3n) is 4.44. The highest BCUT2D eigenvalue weighted by Crippen LogP contribution is 2.21. The van der Waals surface area contributed by atoms with E-state index in [2.05, 4.69) is 28.2 Å². The minimum Gasteiger partial charge on any atom is -0.493 e. The molecule has 0 amide bonds. The van der Waals surface area contributed by atoms with Gasteiger partial charge in [-0.05, 0) is 41.5 Å². The first-order valence-electron chi connectivity index (χ1n) is 9.15. The van der Waals surface area contributed by atoms with E-state index in [0.717, 1.165) is 28.8 Å². The van der Waals surface area contributed by atoms with Gasteiger partial charge in [0.15, 0.2) is 0 Å². The van der Waals surface area contributed by atoms with Crippen molar-refractivity contribution in [3.8, 4) is 11.8 Å². The largest absolute Gasteiger partial charge is 0.493 e. The van der Waals surface area contributed by atoms with Gasteiger partial charge in [-0.1, -0.05) is 54.6 Å². The summed E-state index contributed by atoms with van der Waals surface area (Å²) in [7, 11) is 0. The summed E-state index contributed by atoms with van der Waals surface area (Å²) in [5.74, 6) is 1.35. The summed E-state index contributed by atoms with van der Waals surface area (Å²) in [6, 6.07) is 28.0. The molecule has 0 spiro atoms. The molecule has 0 aliphatic heterocycles. The van der Waals surface area contributed by atoms with E-state index in [9.17, 15) is 5.26 Å². The number of nitrogens with zero attached hydrogens (tertiary/aromatic N) is 2. The standard InChI is InChI=1S/C24H19N3O/c25-17-20(24-26-22-11-4-5-12-23(22)27-24)15-19-9-6-10-21(16-19)28-14-13-18-7-2-1-3-8-18/h1-12,15-16H,13-14H2,(H,26,27). The van der Waals surface area contributed by atoms with Gasteiger partial charge in [-0.25, -0.2) is 4.98 Å². The first-order chi connectivity index (χ1) is 13.8. The monoisotopic (exact) mass is 365 g/mol. The molecule has 1 N–H and O–H groups in total. The highest BCUT2D eigenvalue weighted by atomic mass is 16.5. The molecule has 4 rings (SSSR count). The van der Waals surface area contributed by atoms with Crippen molar-refractivity contribution in [1.29, 1.82) is 5.26 Å². The molecule has 3 aromatic carbocycles. The highest BCUT2D eigenvalue weighted by Gasteiger charge is 2.08. The Balaban J connectivity index is 1.50. The summed E-state index contributed by atoms with van der Waals surface area (Å²) in [6.45, 7) is 0.603. The molecule has 4 nitrogen and oxygen atoms in total. The number of rotatable bonds is 6. The van der Waals surface area contributed by atoms with Gasteiger partial charge in [-0.3, -0.25) is 0 Å². The lowest BCUT2D eigenvalue weighted by molar-refractivity contribution is 0.322. The van der Waals surface area contributed by atoms with Crippen molar-refractivity contribution in [2.45, 2.75) is 6.42 Å². The van der Waals surface area contributed by atoms with Crippen LogP contribution in [0.2, 0.25) is 0 Å². The lowest BCUT2D eigenvalue weighted by Crippen LogP contribution is -2.01. The number of hydrogen-bond acceptors (Lipinski definition) is 3.